The van der Waals surface area contributed by atoms with Crippen LogP contribution in [-0.4, -0.2) is 45.1 Å². The van der Waals surface area contributed by atoms with Crippen LogP contribution in [0.25, 0.3) is 0 Å². The van der Waals surface area contributed by atoms with Crippen molar-refractivity contribution in [3.63, 3.8) is 0 Å². The molecule has 0 heterocycles. The largest absolute Gasteiger partial charge is 0.481 e. The first-order valence-electron chi connectivity index (χ1n) is 12.6. The van der Waals surface area contributed by atoms with E-state index in [-0.39, 0.29) is 19.4 Å². The molecule has 0 bridgehead atoms. The van der Waals surface area contributed by atoms with Crippen molar-refractivity contribution in [1.82, 2.24) is 0 Å². The lowest BCUT2D eigenvalue weighted by Crippen LogP contribution is -2.26. The first-order chi connectivity index (χ1) is 15.4. The van der Waals surface area contributed by atoms with Gasteiger partial charge in [0.1, 0.15) is 0 Å². The summed E-state index contributed by atoms with van der Waals surface area (Å²) in [4.78, 5) is 19.9. The number of fused-ring (bicyclic) bond motifs is 1. The van der Waals surface area contributed by atoms with E-state index < -0.39 is 23.5 Å². The maximum atomic E-state index is 10.0. The average molecular weight is 473 g/mol. The summed E-state index contributed by atoms with van der Waals surface area (Å²) in [7, 11) is 0. The lowest BCUT2D eigenvalue weighted by atomic mass is 9.69. The fourth-order valence-corrected chi connectivity index (χ4v) is 3.46. The van der Waals surface area contributed by atoms with Crippen LogP contribution in [0.1, 0.15) is 101 Å². The first-order valence-corrected chi connectivity index (χ1v) is 12.6. The molecule has 0 fully saturated rings. The van der Waals surface area contributed by atoms with Crippen LogP contribution in [0.5, 0.6) is 0 Å². The highest BCUT2D eigenvalue weighted by Gasteiger charge is 2.30. The van der Waals surface area contributed by atoms with Gasteiger partial charge in [0.25, 0.3) is 0 Å². The van der Waals surface area contributed by atoms with E-state index in [1.54, 1.807) is 26.3 Å². The number of aliphatic carboxylic acids is 2. The Balaban J connectivity index is -0.000000399. The molecule has 4 atom stereocenters. The van der Waals surface area contributed by atoms with E-state index in [9.17, 15) is 9.59 Å². The van der Waals surface area contributed by atoms with Gasteiger partial charge in [-0.1, -0.05) is 66.2 Å². The molecule has 0 amide bonds. The van der Waals surface area contributed by atoms with Crippen LogP contribution in [0.3, 0.4) is 0 Å². The highest BCUT2D eigenvalue weighted by molar-refractivity contribution is 5.72. The summed E-state index contributed by atoms with van der Waals surface area (Å²) >= 11 is 0. The van der Waals surface area contributed by atoms with Gasteiger partial charge in [-0.05, 0) is 69.8 Å². The van der Waals surface area contributed by atoms with Crippen LogP contribution >= 0.6 is 0 Å². The smallest absolute Gasteiger partial charge is 0.308 e. The summed E-state index contributed by atoms with van der Waals surface area (Å²) in [5.74, 6) is 0.795. The summed E-state index contributed by atoms with van der Waals surface area (Å²) in [6.07, 6.45) is 11.7. The molecule has 0 spiro atoms. The zero-order chi connectivity index (χ0) is 26.6. The third kappa shape index (κ3) is 17.5. The number of carboxylic acids is 2. The lowest BCUT2D eigenvalue weighted by Gasteiger charge is -2.36. The van der Waals surface area contributed by atoms with Gasteiger partial charge in [-0.15, -0.1) is 0 Å². The van der Waals surface area contributed by atoms with Crippen molar-refractivity contribution in [2.45, 2.75) is 107 Å². The number of allylic oxidation sites excluding steroid dienone is 4. The minimum atomic E-state index is -1.05. The van der Waals surface area contributed by atoms with Gasteiger partial charge in [0.05, 0.1) is 17.9 Å². The highest BCUT2D eigenvalue weighted by Crippen LogP contribution is 2.41. The molecule has 0 aromatic rings. The van der Waals surface area contributed by atoms with Crippen molar-refractivity contribution in [3.05, 3.63) is 23.8 Å². The second-order valence-electron chi connectivity index (χ2n) is 8.85. The van der Waals surface area contributed by atoms with Gasteiger partial charge in [-0.2, -0.15) is 0 Å². The number of hydrogen-bond acceptors (Lipinski definition) is 4. The number of rotatable bonds is 5. The van der Waals surface area contributed by atoms with E-state index in [2.05, 4.69) is 32.1 Å². The molecule has 4 unspecified atom stereocenters. The normalized spacial score (nSPS) is 21.4. The van der Waals surface area contributed by atoms with Crippen molar-refractivity contribution in [2.75, 3.05) is 6.61 Å². The SMILES string of the molecule is CC.CC.CC(C)(C)C(=O)O.CCC1C(C)C=CC2=CCCCC21.O=C(O)CC(O)CCO. The molecule has 196 valence electrons. The monoisotopic (exact) mass is 472 g/mol. The van der Waals surface area contributed by atoms with Crippen molar-refractivity contribution in [1.29, 1.82) is 0 Å². The first kappa shape index (κ1) is 35.9. The molecule has 6 heteroatoms. The fourth-order valence-electron chi connectivity index (χ4n) is 3.46. The lowest BCUT2D eigenvalue weighted by molar-refractivity contribution is -0.146. The van der Waals surface area contributed by atoms with Gasteiger partial charge in [0.15, 0.2) is 0 Å². The zero-order valence-electron chi connectivity index (χ0n) is 22.6. The van der Waals surface area contributed by atoms with Gasteiger partial charge in [-0.3, -0.25) is 9.59 Å². The van der Waals surface area contributed by atoms with Crippen molar-refractivity contribution in [2.24, 2.45) is 23.2 Å². The minimum absolute atomic E-state index is 0.131. The summed E-state index contributed by atoms with van der Waals surface area (Å²) in [6.45, 7) is 17.5. The van der Waals surface area contributed by atoms with Crippen LogP contribution in [0.2, 0.25) is 0 Å². The van der Waals surface area contributed by atoms with E-state index in [1.807, 2.05) is 27.7 Å². The summed E-state index contributed by atoms with van der Waals surface area (Å²) in [5.41, 5.74) is 1.05. The molecular weight excluding hydrogens is 420 g/mol. The van der Waals surface area contributed by atoms with Crippen molar-refractivity contribution < 1.29 is 30.0 Å². The molecule has 4 N–H and O–H groups in total. The molecule has 0 radical (unpaired) electrons. The van der Waals surface area contributed by atoms with E-state index in [0.29, 0.717) is 0 Å². The van der Waals surface area contributed by atoms with E-state index in [1.165, 1.54) is 25.7 Å². The predicted octanol–water partition coefficient (Wildman–Crippen LogP) is 6.32. The number of carbonyl (C=O) groups is 2. The number of aliphatic hydroxyl groups excluding tert-OH is 2. The quantitative estimate of drug-likeness (QED) is 0.372. The van der Waals surface area contributed by atoms with E-state index >= 15 is 0 Å². The zero-order valence-corrected chi connectivity index (χ0v) is 22.6. The molecule has 33 heavy (non-hydrogen) atoms. The minimum Gasteiger partial charge on any atom is -0.481 e. The molecular formula is C27H52O6. The van der Waals surface area contributed by atoms with Crippen LogP contribution in [0, 0.1) is 23.2 Å². The van der Waals surface area contributed by atoms with Crippen LogP contribution in [-0.2, 0) is 9.59 Å². The second kappa shape index (κ2) is 20.9. The van der Waals surface area contributed by atoms with Gasteiger partial charge < -0.3 is 20.4 Å². The summed E-state index contributed by atoms with van der Waals surface area (Å²) in [5, 5.41) is 33.2. The molecule has 0 aliphatic heterocycles. The molecule has 2 aliphatic carbocycles. The van der Waals surface area contributed by atoms with Crippen LogP contribution in [0.15, 0.2) is 23.8 Å². The average Bonchev–Trinajstić information content (AvgIpc) is 2.76. The second-order valence-corrected chi connectivity index (χ2v) is 8.85. The Morgan fingerprint density at radius 3 is 2.03 bits per heavy atom. The van der Waals surface area contributed by atoms with Gasteiger partial charge in [0, 0.05) is 6.61 Å². The Kier molecular flexibility index (Phi) is 22.8. The van der Waals surface area contributed by atoms with Crippen LogP contribution in [0.4, 0.5) is 0 Å². The third-order valence-corrected chi connectivity index (χ3v) is 5.30. The van der Waals surface area contributed by atoms with E-state index in [0.717, 1.165) is 17.8 Å². The molecule has 0 saturated heterocycles. The Bertz CT molecular complexity index is 559. The summed E-state index contributed by atoms with van der Waals surface area (Å²) < 4.78 is 0. The number of hydrogen-bond donors (Lipinski definition) is 4. The molecule has 0 aromatic heterocycles. The predicted molar refractivity (Wildman–Crippen MR) is 137 cm³/mol. The standard InChI is InChI=1S/C13H20.C5H10O4.C5H10O2.2C2H6/c1-3-12-10(2)8-9-11-6-4-5-7-13(11)12;6-2-1-4(7)3-5(8)9;1-5(2,3)4(6)7;2*1-2/h6,8-10,12-13H,3-5,7H2,1-2H3;4,6-7H,1-3H2,(H,8,9);1-3H3,(H,6,7);2*1-2H3. The Morgan fingerprint density at radius 2 is 1.64 bits per heavy atom. The topological polar surface area (TPSA) is 115 Å². The Morgan fingerprint density at radius 1 is 1.12 bits per heavy atom. The molecule has 2 rings (SSSR count). The molecule has 6 nitrogen and oxygen atoms in total. The maximum absolute atomic E-state index is 10.0. The number of carboxylic acid groups (broad SMARTS) is 2. The fraction of sp³-hybridized carbons (Fsp3) is 0.778. The Labute approximate surface area is 202 Å². The summed E-state index contributed by atoms with van der Waals surface area (Å²) in [6, 6.07) is 0. The molecule has 0 aromatic carbocycles. The van der Waals surface area contributed by atoms with Crippen LogP contribution < -0.4 is 0 Å². The molecule has 0 saturated carbocycles. The Hall–Kier alpha value is -1.66. The highest BCUT2D eigenvalue weighted by atomic mass is 16.4. The maximum Gasteiger partial charge on any atom is 0.308 e. The van der Waals surface area contributed by atoms with Gasteiger partial charge in [-0.25, -0.2) is 0 Å². The van der Waals surface area contributed by atoms with Gasteiger partial charge >= 0.3 is 11.9 Å². The van der Waals surface area contributed by atoms with Gasteiger partial charge in [0.2, 0.25) is 0 Å². The molecule has 2 aliphatic rings. The van der Waals surface area contributed by atoms with E-state index in [4.69, 9.17) is 20.4 Å². The third-order valence-electron chi connectivity index (χ3n) is 5.30. The van der Waals surface area contributed by atoms with Crippen molar-refractivity contribution in [3.8, 4) is 0 Å². The number of aliphatic hydroxyl groups is 2. The van der Waals surface area contributed by atoms with Crippen molar-refractivity contribution >= 4 is 11.9 Å².